The van der Waals surface area contributed by atoms with Gasteiger partial charge in [0.15, 0.2) is 6.61 Å². The maximum absolute atomic E-state index is 11.2. The molecule has 1 aromatic carbocycles. The molecule has 0 saturated carbocycles. The van der Waals surface area contributed by atoms with Crippen LogP contribution >= 0.6 is 0 Å². The monoisotopic (exact) mass is 248 g/mol. The second kappa shape index (κ2) is 5.31. The van der Waals surface area contributed by atoms with Crippen molar-refractivity contribution in [1.29, 1.82) is 0 Å². The van der Waals surface area contributed by atoms with E-state index in [0.29, 0.717) is 23.0 Å². The third-order valence-electron chi connectivity index (χ3n) is 2.21. The summed E-state index contributed by atoms with van der Waals surface area (Å²) in [6.45, 7) is 1.93. The van der Waals surface area contributed by atoms with Crippen molar-refractivity contribution in [3.63, 3.8) is 0 Å². The van der Waals surface area contributed by atoms with Gasteiger partial charge in [0.05, 0.1) is 12.7 Å². The Morgan fingerprint density at radius 3 is 2.61 bits per heavy atom. The van der Waals surface area contributed by atoms with E-state index >= 15 is 0 Å². The number of aromatic nitrogens is 2. The molecule has 0 spiro atoms. The van der Waals surface area contributed by atoms with E-state index in [1.807, 2.05) is 0 Å². The molecule has 6 heteroatoms. The minimum atomic E-state index is -0.379. The Bertz CT molecular complexity index is 533. The molecule has 1 heterocycles. The van der Waals surface area contributed by atoms with E-state index in [1.165, 1.54) is 7.11 Å². The molecule has 18 heavy (non-hydrogen) atoms. The van der Waals surface area contributed by atoms with Crippen molar-refractivity contribution in [1.82, 2.24) is 10.1 Å². The zero-order valence-electron chi connectivity index (χ0n) is 10.0. The summed E-state index contributed by atoms with van der Waals surface area (Å²) in [5.41, 5.74) is 0.472. The van der Waals surface area contributed by atoms with Crippen LogP contribution in [-0.4, -0.2) is 23.2 Å². The van der Waals surface area contributed by atoms with Gasteiger partial charge in [-0.2, -0.15) is 4.98 Å². The molecule has 0 atom stereocenters. The predicted octanol–water partition coefficient (Wildman–Crippen LogP) is 1.74. The third-order valence-corrected chi connectivity index (χ3v) is 2.21. The SMILES string of the molecule is COC(=O)c1ccc(OCc2noc(C)n2)cc1. The smallest absolute Gasteiger partial charge is 0.337 e. The molecular weight excluding hydrogens is 236 g/mol. The lowest BCUT2D eigenvalue weighted by atomic mass is 10.2. The molecule has 0 saturated heterocycles. The Morgan fingerprint density at radius 2 is 2.06 bits per heavy atom. The zero-order chi connectivity index (χ0) is 13.0. The van der Waals surface area contributed by atoms with Gasteiger partial charge >= 0.3 is 5.97 Å². The van der Waals surface area contributed by atoms with Crippen molar-refractivity contribution in [3.05, 3.63) is 41.5 Å². The average molecular weight is 248 g/mol. The minimum Gasteiger partial charge on any atom is -0.485 e. The van der Waals surface area contributed by atoms with Crippen LogP contribution < -0.4 is 4.74 Å². The highest BCUT2D eigenvalue weighted by Gasteiger charge is 2.06. The first kappa shape index (κ1) is 12.1. The average Bonchev–Trinajstić information content (AvgIpc) is 2.82. The van der Waals surface area contributed by atoms with Gasteiger partial charge in [-0.05, 0) is 24.3 Å². The largest absolute Gasteiger partial charge is 0.485 e. The van der Waals surface area contributed by atoms with Crippen LogP contribution in [0.1, 0.15) is 22.1 Å². The van der Waals surface area contributed by atoms with E-state index in [0.717, 1.165) is 0 Å². The summed E-state index contributed by atoms with van der Waals surface area (Å²) >= 11 is 0. The number of rotatable bonds is 4. The molecular formula is C12H12N2O4. The zero-order valence-corrected chi connectivity index (χ0v) is 10.0. The van der Waals surface area contributed by atoms with Gasteiger partial charge in [-0.25, -0.2) is 4.79 Å². The lowest BCUT2D eigenvalue weighted by molar-refractivity contribution is 0.0600. The Labute approximate surface area is 104 Å². The number of aryl methyl sites for hydroxylation is 1. The normalized spacial score (nSPS) is 10.1. The highest BCUT2D eigenvalue weighted by Crippen LogP contribution is 2.14. The fraction of sp³-hybridized carbons (Fsp3) is 0.250. The first-order valence-corrected chi connectivity index (χ1v) is 5.29. The number of ether oxygens (including phenoxy) is 2. The van der Waals surface area contributed by atoms with Gasteiger partial charge in [0, 0.05) is 6.92 Å². The number of carbonyl (C=O) groups excluding carboxylic acids is 1. The quantitative estimate of drug-likeness (QED) is 0.767. The predicted molar refractivity (Wildman–Crippen MR) is 61.1 cm³/mol. The topological polar surface area (TPSA) is 74.5 Å². The molecule has 0 unspecified atom stereocenters. The maximum Gasteiger partial charge on any atom is 0.337 e. The Morgan fingerprint density at radius 1 is 1.33 bits per heavy atom. The van der Waals surface area contributed by atoms with E-state index in [1.54, 1.807) is 31.2 Å². The second-order valence-electron chi connectivity index (χ2n) is 3.53. The van der Waals surface area contributed by atoms with Crippen LogP contribution in [-0.2, 0) is 11.3 Å². The summed E-state index contributed by atoms with van der Waals surface area (Å²) in [6, 6.07) is 6.61. The number of esters is 1. The highest BCUT2D eigenvalue weighted by atomic mass is 16.5. The van der Waals surface area contributed by atoms with Gasteiger partial charge < -0.3 is 14.0 Å². The first-order valence-electron chi connectivity index (χ1n) is 5.29. The molecule has 94 valence electrons. The number of hydrogen-bond donors (Lipinski definition) is 0. The molecule has 2 aromatic rings. The van der Waals surface area contributed by atoms with Crippen molar-refractivity contribution >= 4 is 5.97 Å². The van der Waals surface area contributed by atoms with Crippen molar-refractivity contribution < 1.29 is 18.8 Å². The lowest BCUT2D eigenvalue weighted by Crippen LogP contribution is -2.01. The van der Waals surface area contributed by atoms with Crippen LogP contribution in [0.25, 0.3) is 0 Å². The number of benzene rings is 1. The molecule has 0 N–H and O–H groups in total. The second-order valence-corrected chi connectivity index (χ2v) is 3.53. The lowest BCUT2D eigenvalue weighted by Gasteiger charge is -2.04. The van der Waals surface area contributed by atoms with Crippen LogP contribution in [0.15, 0.2) is 28.8 Å². The van der Waals surface area contributed by atoms with Crippen LogP contribution in [0.3, 0.4) is 0 Å². The van der Waals surface area contributed by atoms with Gasteiger partial charge in [-0.15, -0.1) is 0 Å². The summed E-state index contributed by atoms with van der Waals surface area (Å²) in [7, 11) is 1.34. The van der Waals surface area contributed by atoms with E-state index in [9.17, 15) is 4.79 Å². The standard InChI is InChI=1S/C12H12N2O4/c1-8-13-11(14-18-8)7-17-10-5-3-9(4-6-10)12(15)16-2/h3-6H,7H2,1-2H3. The third kappa shape index (κ3) is 2.85. The van der Waals surface area contributed by atoms with Crippen molar-refractivity contribution in [2.24, 2.45) is 0 Å². The van der Waals surface area contributed by atoms with Gasteiger partial charge in [-0.3, -0.25) is 0 Å². The molecule has 0 bridgehead atoms. The summed E-state index contributed by atoms with van der Waals surface area (Å²) in [5.74, 6) is 1.21. The fourth-order valence-electron chi connectivity index (χ4n) is 1.35. The van der Waals surface area contributed by atoms with E-state index in [-0.39, 0.29) is 12.6 Å². The van der Waals surface area contributed by atoms with E-state index in [2.05, 4.69) is 14.9 Å². The molecule has 0 fully saturated rings. The Kier molecular flexibility index (Phi) is 3.57. The summed E-state index contributed by atoms with van der Waals surface area (Å²) in [4.78, 5) is 15.2. The van der Waals surface area contributed by atoms with Crippen molar-refractivity contribution in [2.45, 2.75) is 13.5 Å². The molecule has 0 amide bonds. The summed E-state index contributed by atoms with van der Waals surface area (Å²) in [5, 5.41) is 3.70. The number of hydrogen-bond acceptors (Lipinski definition) is 6. The van der Waals surface area contributed by atoms with Crippen LogP contribution in [0, 0.1) is 6.92 Å². The summed E-state index contributed by atoms with van der Waals surface area (Å²) in [6.07, 6.45) is 0. The number of methoxy groups -OCH3 is 1. The van der Waals surface area contributed by atoms with E-state index < -0.39 is 0 Å². The van der Waals surface area contributed by atoms with Gasteiger partial charge in [-0.1, -0.05) is 5.16 Å². The van der Waals surface area contributed by atoms with Crippen molar-refractivity contribution in [2.75, 3.05) is 7.11 Å². The molecule has 0 radical (unpaired) electrons. The molecule has 0 aliphatic carbocycles. The van der Waals surface area contributed by atoms with Gasteiger partial charge in [0.1, 0.15) is 5.75 Å². The van der Waals surface area contributed by atoms with Crippen LogP contribution in [0.2, 0.25) is 0 Å². The number of carbonyl (C=O) groups is 1. The molecule has 6 nitrogen and oxygen atoms in total. The van der Waals surface area contributed by atoms with Crippen LogP contribution in [0.5, 0.6) is 5.75 Å². The molecule has 0 aliphatic heterocycles. The van der Waals surface area contributed by atoms with Crippen molar-refractivity contribution in [3.8, 4) is 5.75 Å². The summed E-state index contributed by atoms with van der Waals surface area (Å²) < 4.78 is 14.8. The molecule has 1 aromatic heterocycles. The maximum atomic E-state index is 11.2. The van der Waals surface area contributed by atoms with Gasteiger partial charge in [0.2, 0.25) is 11.7 Å². The van der Waals surface area contributed by atoms with Gasteiger partial charge in [0.25, 0.3) is 0 Å². The first-order chi connectivity index (χ1) is 8.69. The highest BCUT2D eigenvalue weighted by molar-refractivity contribution is 5.89. The molecule has 2 rings (SSSR count). The Hall–Kier alpha value is -2.37. The molecule has 0 aliphatic rings. The number of nitrogens with zero attached hydrogens (tertiary/aromatic N) is 2. The van der Waals surface area contributed by atoms with E-state index in [4.69, 9.17) is 9.26 Å². The van der Waals surface area contributed by atoms with Crippen LogP contribution in [0.4, 0.5) is 0 Å². The Balaban J connectivity index is 1.96. The minimum absolute atomic E-state index is 0.217. The fourth-order valence-corrected chi connectivity index (χ4v) is 1.35.